The molecule has 0 aliphatic carbocycles. The summed E-state index contributed by atoms with van der Waals surface area (Å²) in [5, 5.41) is 3.60. The summed E-state index contributed by atoms with van der Waals surface area (Å²) in [6.07, 6.45) is 4.99. The molecule has 0 radical (unpaired) electrons. The molecule has 2 bridgehead atoms. The second-order valence-electron chi connectivity index (χ2n) is 5.37. The number of halogens is 1. The maximum absolute atomic E-state index is 11.3. The highest BCUT2D eigenvalue weighted by Gasteiger charge is 2.34. The molecule has 0 spiro atoms. The zero-order chi connectivity index (χ0) is 13.2. The summed E-state index contributed by atoms with van der Waals surface area (Å²) in [6, 6.07) is 8.43. The average molecular weight is 298 g/mol. The maximum atomic E-state index is 11.3. The summed E-state index contributed by atoms with van der Waals surface area (Å²) < 4.78 is 10.7. The third-order valence-corrected chi connectivity index (χ3v) is 4.01. The first-order valence-corrected chi connectivity index (χ1v) is 6.85. The lowest BCUT2D eigenvalue weighted by Gasteiger charge is -2.29. The standard InChI is InChI=1S/C15H19NO3.ClH/c1-18-15(17)10-2-6-13(7-3-10)19-14-8-11-4-5-12(9-14)16-11;/h2-3,6-7,11-12,14,16H,4-5,8-9H2,1H3;1H/t11-,12+,14+;. The van der Waals surface area contributed by atoms with Gasteiger partial charge in [-0.05, 0) is 49.9 Å². The number of benzene rings is 1. The molecule has 4 nitrogen and oxygen atoms in total. The lowest BCUT2D eigenvalue weighted by Crippen LogP contribution is -2.42. The average Bonchev–Trinajstić information content (AvgIpc) is 2.78. The molecule has 20 heavy (non-hydrogen) atoms. The van der Waals surface area contributed by atoms with Crippen molar-refractivity contribution in [1.82, 2.24) is 5.32 Å². The number of nitrogens with one attached hydrogen (secondary N) is 1. The van der Waals surface area contributed by atoms with Crippen LogP contribution in [0.15, 0.2) is 24.3 Å². The van der Waals surface area contributed by atoms with Crippen molar-refractivity contribution in [2.24, 2.45) is 0 Å². The molecule has 3 rings (SSSR count). The molecule has 1 aromatic rings. The van der Waals surface area contributed by atoms with Gasteiger partial charge in [0.15, 0.2) is 0 Å². The summed E-state index contributed by atoms with van der Waals surface area (Å²) in [7, 11) is 1.39. The summed E-state index contributed by atoms with van der Waals surface area (Å²) in [5.74, 6) is 0.519. The van der Waals surface area contributed by atoms with Gasteiger partial charge in [-0.2, -0.15) is 0 Å². The largest absolute Gasteiger partial charge is 0.490 e. The fraction of sp³-hybridized carbons (Fsp3) is 0.533. The van der Waals surface area contributed by atoms with E-state index in [0.717, 1.165) is 18.6 Å². The number of ether oxygens (including phenoxy) is 2. The molecule has 2 saturated heterocycles. The molecule has 1 N–H and O–H groups in total. The van der Waals surface area contributed by atoms with E-state index in [1.807, 2.05) is 12.1 Å². The first kappa shape index (κ1) is 15.1. The third-order valence-electron chi connectivity index (χ3n) is 4.01. The van der Waals surface area contributed by atoms with Crippen molar-refractivity contribution < 1.29 is 14.3 Å². The molecule has 2 aliphatic heterocycles. The smallest absolute Gasteiger partial charge is 0.337 e. The zero-order valence-electron chi connectivity index (χ0n) is 11.5. The van der Waals surface area contributed by atoms with Crippen LogP contribution in [0.1, 0.15) is 36.0 Å². The second-order valence-corrected chi connectivity index (χ2v) is 5.37. The summed E-state index contributed by atoms with van der Waals surface area (Å²) in [6.45, 7) is 0. The number of piperidine rings is 1. The monoisotopic (exact) mass is 297 g/mol. The molecule has 0 saturated carbocycles. The van der Waals surface area contributed by atoms with Gasteiger partial charge in [0.05, 0.1) is 12.7 Å². The molecule has 0 aromatic heterocycles. The van der Waals surface area contributed by atoms with Crippen LogP contribution in [0.4, 0.5) is 0 Å². The van der Waals surface area contributed by atoms with Crippen LogP contribution in [0.3, 0.4) is 0 Å². The lowest BCUT2D eigenvalue weighted by molar-refractivity contribution is 0.0600. The Balaban J connectivity index is 0.00000147. The number of carbonyl (C=O) groups is 1. The highest BCUT2D eigenvalue weighted by Crippen LogP contribution is 2.29. The lowest BCUT2D eigenvalue weighted by atomic mass is 10.0. The highest BCUT2D eigenvalue weighted by atomic mass is 35.5. The van der Waals surface area contributed by atoms with E-state index in [2.05, 4.69) is 10.1 Å². The fourth-order valence-corrected chi connectivity index (χ4v) is 3.08. The van der Waals surface area contributed by atoms with Crippen molar-refractivity contribution in [1.29, 1.82) is 0 Å². The molecular formula is C15H20ClNO3. The Morgan fingerprint density at radius 3 is 2.30 bits per heavy atom. The summed E-state index contributed by atoms with van der Waals surface area (Å²) >= 11 is 0. The van der Waals surface area contributed by atoms with Crippen molar-refractivity contribution in [2.45, 2.75) is 43.9 Å². The van der Waals surface area contributed by atoms with Gasteiger partial charge in [0.1, 0.15) is 11.9 Å². The van der Waals surface area contributed by atoms with Crippen molar-refractivity contribution in [3.05, 3.63) is 29.8 Å². The van der Waals surface area contributed by atoms with Crippen LogP contribution < -0.4 is 10.1 Å². The van der Waals surface area contributed by atoms with Gasteiger partial charge in [-0.3, -0.25) is 0 Å². The first-order chi connectivity index (χ1) is 9.24. The van der Waals surface area contributed by atoms with Crippen molar-refractivity contribution in [3.8, 4) is 5.75 Å². The maximum Gasteiger partial charge on any atom is 0.337 e. The van der Waals surface area contributed by atoms with Crippen LogP contribution in [-0.2, 0) is 4.74 Å². The Labute approximate surface area is 125 Å². The fourth-order valence-electron chi connectivity index (χ4n) is 3.08. The Bertz CT molecular complexity index is 451. The van der Waals surface area contributed by atoms with Gasteiger partial charge in [-0.25, -0.2) is 4.79 Å². The predicted octanol–water partition coefficient (Wildman–Crippen LogP) is 2.56. The first-order valence-electron chi connectivity index (χ1n) is 6.85. The van der Waals surface area contributed by atoms with Gasteiger partial charge in [0, 0.05) is 12.1 Å². The molecule has 2 aliphatic rings. The van der Waals surface area contributed by atoms with E-state index in [9.17, 15) is 4.79 Å². The number of rotatable bonds is 3. The Morgan fingerprint density at radius 2 is 1.75 bits per heavy atom. The number of methoxy groups -OCH3 is 1. The number of hydrogen-bond acceptors (Lipinski definition) is 4. The molecule has 3 atom stereocenters. The van der Waals surface area contributed by atoms with Gasteiger partial charge in [0.25, 0.3) is 0 Å². The normalized spacial score (nSPS) is 27.6. The molecule has 5 heteroatoms. The minimum absolute atomic E-state index is 0. The van der Waals surface area contributed by atoms with E-state index in [-0.39, 0.29) is 18.4 Å². The molecular weight excluding hydrogens is 278 g/mol. The minimum atomic E-state index is -0.313. The molecule has 2 fully saturated rings. The minimum Gasteiger partial charge on any atom is -0.490 e. The van der Waals surface area contributed by atoms with Crippen molar-refractivity contribution in [3.63, 3.8) is 0 Å². The Hall–Kier alpha value is -1.26. The van der Waals surface area contributed by atoms with Gasteiger partial charge in [0.2, 0.25) is 0 Å². The summed E-state index contributed by atoms with van der Waals surface area (Å²) in [5.41, 5.74) is 0.556. The van der Waals surface area contributed by atoms with Crippen LogP contribution in [0.5, 0.6) is 5.75 Å². The van der Waals surface area contributed by atoms with Crippen molar-refractivity contribution >= 4 is 18.4 Å². The SMILES string of the molecule is COC(=O)c1ccc(O[C@H]2C[C@H]3CC[C@@H](C2)N3)cc1.Cl. The molecule has 110 valence electrons. The van der Waals surface area contributed by atoms with E-state index in [4.69, 9.17) is 4.74 Å². The van der Waals surface area contributed by atoms with E-state index in [1.54, 1.807) is 12.1 Å². The second kappa shape index (κ2) is 6.46. The molecule has 0 unspecified atom stereocenters. The van der Waals surface area contributed by atoms with Crippen LogP contribution in [0, 0.1) is 0 Å². The van der Waals surface area contributed by atoms with E-state index >= 15 is 0 Å². The Kier molecular flexibility index (Phi) is 4.89. The molecule has 0 amide bonds. The highest BCUT2D eigenvalue weighted by molar-refractivity contribution is 5.89. The number of esters is 1. The number of hydrogen-bond donors (Lipinski definition) is 1. The molecule has 2 heterocycles. The van der Waals surface area contributed by atoms with E-state index in [0.29, 0.717) is 23.8 Å². The van der Waals surface area contributed by atoms with Gasteiger partial charge in [-0.1, -0.05) is 0 Å². The topological polar surface area (TPSA) is 47.6 Å². The van der Waals surface area contributed by atoms with Crippen molar-refractivity contribution in [2.75, 3.05) is 7.11 Å². The predicted molar refractivity (Wildman–Crippen MR) is 78.6 cm³/mol. The zero-order valence-corrected chi connectivity index (χ0v) is 12.3. The third kappa shape index (κ3) is 3.25. The van der Waals surface area contributed by atoms with Gasteiger partial charge in [-0.15, -0.1) is 12.4 Å². The van der Waals surface area contributed by atoms with E-state index in [1.165, 1.54) is 20.0 Å². The van der Waals surface area contributed by atoms with Crippen LogP contribution >= 0.6 is 12.4 Å². The quantitative estimate of drug-likeness (QED) is 0.871. The summed E-state index contributed by atoms with van der Waals surface area (Å²) in [4.78, 5) is 11.3. The van der Waals surface area contributed by atoms with Gasteiger partial charge < -0.3 is 14.8 Å². The van der Waals surface area contributed by atoms with Crippen LogP contribution in [0.2, 0.25) is 0 Å². The van der Waals surface area contributed by atoms with Crippen LogP contribution in [-0.4, -0.2) is 31.3 Å². The van der Waals surface area contributed by atoms with Crippen LogP contribution in [0.25, 0.3) is 0 Å². The van der Waals surface area contributed by atoms with E-state index < -0.39 is 0 Å². The Morgan fingerprint density at radius 1 is 1.15 bits per heavy atom. The van der Waals surface area contributed by atoms with Gasteiger partial charge >= 0.3 is 5.97 Å². The number of fused-ring (bicyclic) bond motifs is 2. The number of carbonyl (C=O) groups excluding carboxylic acids is 1. The molecule has 1 aromatic carbocycles.